The van der Waals surface area contributed by atoms with Crippen molar-refractivity contribution in [1.29, 1.82) is 0 Å². The molecular formula is C19H22ClN3O5. The van der Waals surface area contributed by atoms with Crippen LogP contribution in [0.2, 0.25) is 5.02 Å². The second-order valence-electron chi connectivity index (χ2n) is 6.06. The molecule has 1 N–H and O–H groups in total. The van der Waals surface area contributed by atoms with Crippen LogP contribution in [0.15, 0.2) is 36.4 Å². The normalized spacial score (nSPS) is 10.6. The van der Waals surface area contributed by atoms with Crippen LogP contribution in [-0.2, 0) is 11.3 Å². The highest BCUT2D eigenvalue weighted by Gasteiger charge is 2.14. The van der Waals surface area contributed by atoms with Crippen LogP contribution in [-0.4, -0.2) is 43.0 Å². The van der Waals surface area contributed by atoms with Gasteiger partial charge in [-0.3, -0.25) is 19.8 Å². The number of anilines is 1. The van der Waals surface area contributed by atoms with Gasteiger partial charge in [-0.1, -0.05) is 17.7 Å². The summed E-state index contributed by atoms with van der Waals surface area (Å²) >= 11 is 6.00. The average molecular weight is 408 g/mol. The van der Waals surface area contributed by atoms with Crippen molar-refractivity contribution in [3.63, 3.8) is 0 Å². The maximum absolute atomic E-state index is 12.3. The summed E-state index contributed by atoms with van der Waals surface area (Å²) in [6.45, 7) is 3.07. The van der Waals surface area contributed by atoms with Crippen molar-refractivity contribution < 1.29 is 19.2 Å². The molecule has 1 amide bonds. The average Bonchev–Trinajstić information content (AvgIpc) is 2.64. The van der Waals surface area contributed by atoms with Gasteiger partial charge in [0.25, 0.3) is 5.69 Å². The van der Waals surface area contributed by atoms with Crippen LogP contribution >= 0.6 is 11.6 Å². The third-order valence-electron chi connectivity index (χ3n) is 3.83. The first-order chi connectivity index (χ1) is 13.3. The molecule has 0 unspecified atom stereocenters. The topological polar surface area (TPSA) is 93.9 Å². The summed E-state index contributed by atoms with van der Waals surface area (Å²) in [6, 6.07) is 9.52. The van der Waals surface area contributed by atoms with E-state index >= 15 is 0 Å². The Morgan fingerprint density at radius 1 is 1.25 bits per heavy atom. The minimum absolute atomic E-state index is 0.112. The second-order valence-corrected chi connectivity index (χ2v) is 6.47. The first-order valence-electron chi connectivity index (χ1n) is 8.56. The van der Waals surface area contributed by atoms with Gasteiger partial charge in [0.15, 0.2) is 11.5 Å². The first-order valence-corrected chi connectivity index (χ1v) is 8.93. The zero-order chi connectivity index (χ0) is 20.7. The molecule has 9 heteroatoms. The zero-order valence-corrected chi connectivity index (χ0v) is 16.7. The molecule has 2 aromatic rings. The van der Waals surface area contributed by atoms with Crippen molar-refractivity contribution in [2.45, 2.75) is 13.5 Å². The van der Waals surface area contributed by atoms with Gasteiger partial charge < -0.3 is 14.8 Å². The van der Waals surface area contributed by atoms with Crippen LogP contribution in [0, 0.1) is 10.1 Å². The third-order valence-corrected chi connectivity index (χ3v) is 4.14. The number of nitrogens with zero attached hydrogens (tertiary/aromatic N) is 2. The molecule has 0 aliphatic rings. The minimum Gasteiger partial charge on any atom is -0.493 e. The number of carbonyl (C=O) groups excluding carboxylic acids is 1. The zero-order valence-electron chi connectivity index (χ0n) is 15.9. The highest BCUT2D eigenvalue weighted by Crippen LogP contribution is 2.29. The maximum Gasteiger partial charge on any atom is 0.271 e. The molecule has 0 bridgehead atoms. The molecule has 0 radical (unpaired) electrons. The van der Waals surface area contributed by atoms with E-state index in [1.54, 1.807) is 14.2 Å². The minimum atomic E-state index is -0.545. The molecule has 150 valence electrons. The predicted molar refractivity (Wildman–Crippen MR) is 107 cm³/mol. The number of carbonyl (C=O) groups is 1. The molecule has 2 aromatic carbocycles. The molecule has 0 atom stereocenters. The van der Waals surface area contributed by atoms with Crippen molar-refractivity contribution in [3.05, 3.63) is 57.1 Å². The number of likely N-dealkylation sites (N-methyl/N-ethyl adjacent to an activating group) is 1. The number of hydrogen-bond acceptors (Lipinski definition) is 6. The molecule has 28 heavy (non-hydrogen) atoms. The molecular weight excluding hydrogens is 386 g/mol. The van der Waals surface area contributed by atoms with Crippen LogP contribution in [0.3, 0.4) is 0 Å². The van der Waals surface area contributed by atoms with Crippen molar-refractivity contribution in [2.75, 3.05) is 32.6 Å². The van der Waals surface area contributed by atoms with Crippen LogP contribution in [0.4, 0.5) is 11.4 Å². The molecule has 0 spiro atoms. The molecule has 0 heterocycles. The Labute approximate surface area is 168 Å². The number of nitro benzene ring substituents is 1. The fourth-order valence-corrected chi connectivity index (χ4v) is 2.83. The van der Waals surface area contributed by atoms with Gasteiger partial charge in [-0.15, -0.1) is 0 Å². The number of benzene rings is 2. The van der Waals surface area contributed by atoms with Gasteiger partial charge in [-0.2, -0.15) is 0 Å². The van der Waals surface area contributed by atoms with Gasteiger partial charge >= 0.3 is 0 Å². The summed E-state index contributed by atoms with van der Waals surface area (Å²) in [5.41, 5.74) is 1.15. The van der Waals surface area contributed by atoms with E-state index in [4.69, 9.17) is 21.1 Å². The number of rotatable bonds is 9. The monoisotopic (exact) mass is 407 g/mol. The Morgan fingerprint density at radius 2 is 2.00 bits per heavy atom. The van der Waals surface area contributed by atoms with Crippen molar-refractivity contribution in [1.82, 2.24) is 4.90 Å². The Balaban J connectivity index is 1.96. The first kappa shape index (κ1) is 21.5. The lowest BCUT2D eigenvalue weighted by atomic mass is 10.2. The molecule has 0 aromatic heterocycles. The van der Waals surface area contributed by atoms with Gasteiger partial charge in [-0.05, 0) is 37.7 Å². The predicted octanol–water partition coefficient (Wildman–Crippen LogP) is 3.73. The lowest BCUT2D eigenvalue weighted by Gasteiger charge is -2.18. The van der Waals surface area contributed by atoms with Gasteiger partial charge in [0, 0.05) is 18.7 Å². The number of non-ortho nitro benzene ring substituents is 1. The largest absolute Gasteiger partial charge is 0.493 e. The Hall–Kier alpha value is -2.84. The molecule has 8 nitrogen and oxygen atoms in total. The summed E-state index contributed by atoms with van der Waals surface area (Å²) in [7, 11) is 3.38. The van der Waals surface area contributed by atoms with Crippen molar-refractivity contribution in [3.8, 4) is 11.5 Å². The molecule has 0 fully saturated rings. The van der Waals surface area contributed by atoms with E-state index in [9.17, 15) is 14.9 Å². The Morgan fingerprint density at radius 3 is 2.61 bits per heavy atom. The number of ether oxygens (including phenoxy) is 2. The summed E-state index contributed by atoms with van der Waals surface area (Å²) < 4.78 is 10.8. The smallest absolute Gasteiger partial charge is 0.271 e. The van der Waals surface area contributed by atoms with Crippen molar-refractivity contribution >= 4 is 28.9 Å². The van der Waals surface area contributed by atoms with Crippen LogP contribution in [0.5, 0.6) is 11.5 Å². The van der Waals surface area contributed by atoms with Crippen LogP contribution in [0.25, 0.3) is 0 Å². The molecule has 2 rings (SSSR count). The van der Waals surface area contributed by atoms with Gasteiger partial charge in [0.05, 0.1) is 35.9 Å². The second kappa shape index (κ2) is 9.91. The number of amides is 1. The fraction of sp³-hybridized carbons (Fsp3) is 0.316. The van der Waals surface area contributed by atoms with Crippen LogP contribution in [0.1, 0.15) is 12.5 Å². The number of nitro groups is 1. The highest BCUT2D eigenvalue weighted by molar-refractivity contribution is 6.34. The fourth-order valence-electron chi connectivity index (χ4n) is 2.61. The summed E-state index contributed by atoms with van der Waals surface area (Å²) in [5.74, 6) is 1.02. The third kappa shape index (κ3) is 5.83. The lowest BCUT2D eigenvalue weighted by Crippen LogP contribution is -2.29. The highest BCUT2D eigenvalue weighted by atomic mass is 35.5. The molecule has 0 aliphatic heterocycles. The van der Waals surface area contributed by atoms with Gasteiger partial charge in [0.1, 0.15) is 0 Å². The maximum atomic E-state index is 12.3. The standard InChI is InChI=1S/C19H22ClN3O5/c1-4-28-17-8-5-13(9-18(17)27-3)11-22(2)12-19(24)21-16-7-6-14(23(25)26)10-15(16)20/h5-10H,4,11-12H2,1-3H3,(H,21,24). The van der Waals surface area contributed by atoms with E-state index in [0.717, 1.165) is 5.56 Å². The molecule has 0 saturated carbocycles. The van der Waals surface area contributed by atoms with Gasteiger partial charge in [-0.25, -0.2) is 0 Å². The quantitative estimate of drug-likeness (QED) is 0.502. The van der Waals surface area contributed by atoms with E-state index in [1.807, 2.05) is 30.0 Å². The van der Waals surface area contributed by atoms with E-state index < -0.39 is 4.92 Å². The number of nitrogens with one attached hydrogen (secondary N) is 1. The lowest BCUT2D eigenvalue weighted by molar-refractivity contribution is -0.384. The SMILES string of the molecule is CCOc1ccc(CN(C)CC(=O)Nc2ccc([N+](=O)[O-])cc2Cl)cc1OC. The number of halogens is 1. The molecule has 0 saturated heterocycles. The summed E-state index contributed by atoms with van der Waals surface area (Å²) in [6.07, 6.45) is 0. The number of hydrogen-bond donors (Lipinski definition) is 1. The van der Waals surface area contributed by atoms with E-state index in [1.165, 1.54) is 18.2 Å². The van der Waals surface area contributed by atoms with E-state index in [2.05, 4.69) is 5.32 Å². The Kier molecular flexibility index (Phi) is 7.60. The van der Waals surface area contributed by atoms with Crippen LogP contribution < -0.4 is 14.8 Å². The molecule has 0 aliphatic carbocycles. The van der Waals surface area contributed by atoms with E-state index in [-0.39, 0.29) is 23.2 Å². The van der Waals surface area contributed by atoms with Gasteiger partial charge in [0.2, 0.25) is 5.91 Å². The number of methoxy groups -OCH3 is 1. The van der Waals surface area contributed by atoms with Crippen molar-refractivity contribution in [2.24, 2.45) is 0 Å². The summed E-state index contributed by atoms with van der Waals surface area (Å²) in [5, 5.41) is 13.5. The Bertz CT molecular complexity index is 859. The van der Waals surface area contributed by atoms with E-state index in [0.29, 0.717) is 30.3 Å². The summed E-state index contributed by atoms with van der Waals surface area (Å²) in [4.78, 5) is 24.3.